The molecule has 0 aliphatic heterocycles. The Hall–Kier alpha value is -2.33. The lowest BCUT2D eigenvalue weighted by atomic mass is 9.96. The number of rotatable bonds is 5. The van der Waals surface area contributed by atoms with Gasteiger partial charge in [0.2, 0.25) is 0 Å². The minimum absolute atomic E-state index is 0.291. The zero-order valence-corrected chi connectivity index (χ0v) is 15.0. The summed E-state index contributed by atoms with van der Waals surface area (Å²) in [6.45, 7) is 3.64. The number of carbonyl (C=O) groups is 2. The van der Waals surface area contributed by atoms with Crippen molar-refractivity contribution in [3.8, 4) is 0 Å². The van der Waals surface area contributed by atoms with Crippen molar-refractivity contribution in [3.05, 3.63) is 64.2 Å². The second-order valence-electron chi connectivity index (χ2n) is 6.59. The third-order valence-electron chi connectivity index (χ3n) is 4.38. The highest BCUT2D eigenvalue weighted by atomic mass is 35.5. The van der Waals surface area contributed by atoms with Crippen LogP contribution in [0.15, 0.2) is 42.5 Å². The van der Waals surface area contributed by atoms with Crippen molar-refractivity contribution in [3.63, 3.8) is 0 Å². The highest BCUT2D eigenvalue weighted by Crippen LogP contribution is 2.49. The molecule has 4 nitrogen and oxygen atoms in total. The molecule has 0 aromatic heterocycles. The van der Waals surface area contributed by atoms with Gasteiger partial charge in [-0.2, -0.15) is 0 Å². The molecule has 2 aromatic carbocycles. The Morgan fingerprint density at radius 2 is 1.68 bits per heavy atom. The molecule has 1 amide bonds. The Bertz CT molecular complexity index is 790. The summed E-state index contributed by atoms with van der Waals surface area (Å²) in [5.41, 5.74) is 3.10. The molecule has 1 aliphatic rings. The van der Waals surface area contributed by atoms with E-state index >= 15 is 0 Å². The fraction of sp³-hybridized carbons (Fsp3) is 0.300. The van der Waals surface area contributed by atoms with E-state index in [2.05, 4.69) is 5.32 Å². The van der Waals surface area contributed by atoms with E-state index in [1.165, 1.54) is 0 Å². The van der Waals surface area contributed by atoms with Gasteiger partial charge in [0.25, 0.3) is 5.91 Å². The molecule has 1 aliphatic carbocycles. The van der Waals surface area contributed by atoms with E-state index in [0.29, 0.717) is 10.7 Å². The Balaban J connectivity index is 1.58. The number of esters is 1. The molecule has 3 rings (SSSR count). The van der Waals surface area contributed by atoms with Crippen LogP contribution in [-0.4, -0.2) is 18.5 Å². The first kappa shape index (κ1) is 17.5. The third-order valence-corrected chi connectivity index (χ3v) is 4.63. The number of benzene rings is 2. The molecular formula is C20H20ClNO3. The molecule has 5 heteroatoms. The number of ether oxygens (including phenoxy) is 1. The number of anilines is 1. The van der Waals surface area contributed by atoms with E-state index in [9.17, 15) is 9.59 Å². The molecule has 1 N–H and O–H groups in total. The summed E-state index contributed by atoms with van der Waals surface area (Å²) in [7, 11) is 0. The zero-order chi connectivity index (χ0) is 18.0. The molecule has 0 radical (unpaired) electrons. The summed E-state index contributed by atoms with van der Waals surface area (Å²) >= 11 is 5.89. The largest absolute Gasteiger partial charge is 0.455 e. The maximum Gasteiger partial charge on any atom is 0.317 e. The molecule has 0 heterocycles. The van der Waals surface area contributed by atoms with Crippen molar-refractivity contribution in [2.24, 2.45) is 0 Å². The number of nitrogens with one attached hydrogen (secondary N) is 1. The topological polar surface area (TPSA) is 55.4 Å². The number of aryl methyl sites for hydroxylation is 2. The number of amides is 1. The van der Waals surface area contributed by atoms with Crippen molar-refractivity contribution < 1.29 is 14.3 Å². The van der Waals surface area contributed by atoms with E-state index in [1.807, 2.05) is 44.2 Å². The first-order valence-corrected chi connectivity index (χ1v) is 8.58. The van der Waals surface area contributed by atoms with Crippen LogP contribution in [0, 0.1) is 13.8 Å². The van der Waals surface area contributed by atoms with Crippen LogP contribution in [0.25, 0.3) is 0 Å². The lowest BCUT2D eigenvalue weighted by Crippen LogP contribution is -2.28. The van der Waals surface area contributed by atoms with Gasteiger partial charge in [0.15, 0.2) is 6.61 Å². The molecule has 0 unspecified atom stereocenters. The monoisotopic (exact) mass is 357 g/mol. The summed E-state index contributed by atoms with van der Waals surface area (Å²) < 4.78 is 5.26. The second-order valence-corrected chi connectivity index (χ2v) is 7.03. The quantitative estimate of drug-likeness (QED) is 0.817. The third kappa shape index (κ3) is 4.02. The number of hydrogen-bond donors (Lipinski definition) is 1. The zero-order valence-electron chi connectivity index (χ0n) is 14.3. The van der Waals surface area contributed by atoms with Gasteiger partial charge in [0.05, 0.1) is 5.41 Å². The number of hydrogen-bond acceptors (Lipinski definition) is 3. The van der Waals surface area contributed by atoms with Crippen LogP contribution in [0.2, 0.25) is 5.02 Å². The molecule has 2 aromatic rings. The van der Waals surface area contributed by atoms with E-state index < -0.39 is 5.41 Å². The van der Waals surface area contributed by atoms with Crippen LogP contribution >= 0.6 is 11.6 Å². The van der Waals surface area contributed by atoms with E-state index in [0.717, 1.165) is 29.5 Å². The fourth-order valence-corrected chi connectivity index (χ4v) is 3.14. The number of carbonyl (C=O) groups excluding carboxylic acids is 2. The van der Waals surface area contributed by atoms with Gasteiger partial charge in [-0.1, -0.05) is 29.8 Å². The molecule has 25 heavy (non-hydrogen) atoms. The summed E-state index contributed by atoms with van der Waals surface area (Å²) in [5, 5.41) is 3.39. The smallest absolute Gasteiger partial charge is 0.317 e. The van der Waals surface area contributed by atoms with Gasteiger partial charge in [-0.25, -0.2) is 0 Å². The van der Waals surface area contributed by atoms with Crippen molar-refractivity contribution in [2.75, 3.05) is 11.9 Å². The minimum atomic E-state index is -0.620. The van der Waals surface area contributed by atoms with Gasteiger partial charge in [0.1, 0.15) is 0 Å². The molecule has 0 spiro atoms. The van der Waals surface area contributed by atoms with E-state index in [1.54, 1.807) is 12.1 Å². The number of halogens is 1. The van der Waals surface area contributed by atoms with Crippen LogP contribution in [0.4, 0.5) is 5.69 Å². The van der Waals surface area contributed by atoms with Crippen molar-refractivity contribution in [1.29, 1.82) is 0 Å². The average molecular weight is 358 g/mol. The standard InChI is InChI=1S/C20H20ClNO3/c1-13-9-14(2)11-17(10-13)22-18(23)12-25-19(24)20(7-8-20)15-3-5-16(21)6-4-15/h3-6,9-11H,7-8,12H2,1-2H3,(H,22,23). The van der Waals surface area contributed by atoms with Gasteiger partial charge in [-0.05, 0) is 67.6 Å². The normalized spacial score (nSPS) is 14.7. The van der Waals surface area contributed by atoms with Crippen molar-refractivity contribution in [1.82, 2.24) is 0 Å². The summed E-state index contributed by atoms with van der Waals surface area (Å²) in [5.74, 6) is -0.698. The van der Waals surface area contributed by atoms with Crippen molar-refractivity contribution >= 4 is 29.2 Å². The van der Waals surface area contributed by atoms with Gasteiger partial charge >= 0.3 is 5.97 Å². The second kappa shape index (κ2) is 6.89. The average Bonchev–Trinajstić information content (AvgIpc) is 3.34. The predicted octanol–water partition coefficient (Wildman–Crippen LogP) is 4.17. The van der Waals surface area contributed by atoms with E-state index in [-0.39, 0.29) is 18.5 Å². The SMILES string of the molecule is Cc1cc(C)cc(NC(=O)COC(=O)C2(c3ccc(Cl)cc3)CC2)c1. The first-order valence-electron chi connectivity index (χ1n) is 8.20. The highest BCUT2D eigenvalue weighted by molar-refractivity contribution is 6.30. The summed E-state index contributed by atoms with van der Waals surface area (Å²) in [6.07, 6.45) is 1.46. The van der Waals surface area contributed by atoms with Crippen LogP contribution < -0.4 is 5.32 Å². The van der Waals surface area contributed by atoms with Crippen molar-refractivity contribution in [2.45, 2.75) is 32.1 Å². The highest BCUT2D eigenvalue weighted by Gasteiger charge is 2.52. The van der Waals surface area contributed by atoms with Crippen LogP contribution in [-0.2, 0) is 19.7 Å². The fourth-order valence-electron chi connectivity index (χ4n) is 3.02. The predicted molar refractivity (Wildman–Crippen MR) is 97.9 cm³/mol. The van der Waals surface area contributed by atoms with Gasteiger partial charge in [0, 0.05) is 10.7 Å². The van der Waals surface area contributed by atoms with Gasteiger partial charge < -0.3 is 10.1 Å². The maximum atomic E-state index is 12.4. The summed E-state index contributed by atoms with van der Waals surface area (Å²) in [4.78, 5) is 24.5. The lowest BCUT2D eigenvalue weighted by molar-refractivity contribution is -0.150. The Morgan fingerprint density at radius 3 is 2.24 bits per heavy atom. The van der Waals surface area contributed by atoms with Crippen LogP contribution in [0.3, 0.4) is 0 Å². The Kier molecular flexibility index (Phi) is 4.82. The molecule has 1 fully saturated rings. The first-order chi connectivity index (χ1) is 11.9. The Morgan fingerprint density at radius 1 is 1.08 bits per heavy atom. The molecule has 0 atom stereocenters. The molecule has 1 saturated carbocycles. The lowest BCUT2D eigenvalue weighted by Gasteiger charge is -2.15. The minimum Gasteiger partial charge on any atom is -0.455 e. The molecular weight excluding hydrogens is 338 g/mol. The van der Waals surface area contributed by atoms with Crippen LogP contribution in [0.5, 0.6) is 0 Å². The Labute approximate surface area is 152 Å². The van der Waals surface area contributed by atoms with Gasteiger partial charge in [-0.15, -0.1) is 0 Å². The maximum absolute atomic E-state index is 12.4. The van der Waals surface area contributed by atoms with Gasteiger partial charge in [-0.3, -0.25) is 9.59 Å². The van der Waals surface area contributed by atoms with E-state index in [4.69, 9.17) is 16.3 Å². The summed E-state index contributed by atoms with van der Waals surface area (Å²) in [6, 6.07) is 13.0. The molecule has 0 bridgehead atoms. The van der Waals surface area contributed by atoms with Crippen LogP contribution in [0.1, 0.15) is 29.5 Å². The molecule has 0 saturated heterocycles. The molecule has 130 valence electrons.